The molecule has 20 heavy (non-hydrogen) atoms. The van der Waals surface area contributed by atoms with Crippen LogP contribution in [0.15, 0.2) is 18.2 Å². The molecule has 0 spiro atoms. The summed E-state index contributed by atoms with van der Waals surface area (Å²) in [5.41, 5.74) is 8.55. The van der Waals surface area contributed by atoms with Gasteiger partial charge in [-0.15, -0.1) is 0 Å². The van der Waals surface area contributed by atoms with Gasteiger partial charge in [-0.2, -0.15) is 0 Å². The Balaban J connectivity index is 1.63. The van der Waals surface area contributed by atoms with Gasteiger partial charge in [-0.3, -0.25) is 4.90 Å². The van der Waals surface area contributed by atoms with E-state index in [-0.39, 0.29) is 0 Å². The first-order chi connectivity index (χ1) is 9.70. The smallest absolute Gasteiger partial charge is 0.121 e. The van der Waals surface area contributed by atoms with Crippen LogP contribution in [0.4, 0.5) is 5.69 Å². The first-order valence-electron chi connectivity index (χ1n) is 7.21. The van der Waals surface area contributed by atoms with Crippen LogP contribution in [0, 0.1) is 5.92 Å². The van der Waals surface area contributed by atoms with Crippen LogP contribution in [0.2, 0.25) is 0 Å². The van der Waals surface area contributed by atoms with E-state index in [1.807, 2.05) is 18.2 Å². The molecule has 0 radical (unpaired) electrons. The fraction of sp³-hybridized carbons (Fsp3) is 0.533. The molecule has 1 saturated heterocycles. The van der Waals surface area contributed by atoms with E-state index in [4.69, 9.17) is 10.5 Å². The number of aromatic amines is 1. The topological polar surface area (TPSA) is 67.2 Å². The molecule has 0 aliphatic carbocycles. The van der Waals surface area contributed by atoms with Crippen molar-refractivity contribution in [2.24, 2.45) is 5.92 Å². The van der Waals surface area contributed by atoms with Crippen molar-refractivity contribution in [3.63, 3.8) is 0 Å². The zero-order valence-corrected chi connectivity index (χ0v) is 11.9. The minimum atomic E-state index is 0.744. The zero-order valence-electron chi connectivity index (χ0n) is 11.9. The van der Waals surface area contributed by atoms with Crippen LogP contribution in [0.5, 0.6) is 0 Å². The molecule has 2 heterocycles. The summed E-state index contributed by atoms with van der Waals surface area (Å²) in [6.45, 7) is 3.75. The zero-order chi connectivity index (χ0) is 13.9. The Labute approximate surface area is 119 Å². The summed E-state index contributed by atoms with van der Waals surface area (Å²) in [6, 6.07) is 5.78. The van der Waals surface area contributed by atoms with Crippen molar-refractivity contribution in [3.8, 4) is 0 Å². The molecule has 0 atom stereocenters. The normalized spacial score (nSPS) is 17.1. The summed E-state index contributed by atoms with van der Waals surface area (Å²) in [5.74, 6) is 1.74. The lowest BCUT2D eigenvalue weighted by Gasteiger charge is -2.26. The largest absolute Gasteiger partial charge is 0.399 e. The lowest BCUT2D eigenvalue weighted by Crippen LogP contribution is -2.29. The van der Waals surface area contributed by atoms with Gasteiger partial charge in [0.1, 0.15) is 5.82 Å². The van der Waals surface area contributed by atoms with Crippen LogP contribution in [0.25, 0.3) is 11.0 Å². The van der Waals surface area contributed by atoms with Gasteiger partial charge in [-0.25, -0.2) is 4.98 Å². The molecule has 0 unspecified atom stereocenters. The van der Waals surface area contributed by atoms with Crippen molar-refractivity contribution >= 4 is 16.7 Å². The van der Waals surface area contributed by atoms with E-state index < -0.39 is 0 Å². The number of nitrogen functional groups attached to an aromatic ring is 1. The van der Waals surface area contributed by atoms with Crippen molar-refractivity contribution in [1.29, 1.82) is 0 Å². The van der Waals surface area contributed by atoms with Gasteiger partial charge in [-0.1, -0.05) is 0 Å². The molecule has 5 heteroatoms. The van der Waals surface area contributed by atoms with Crippen LogP contribution >= 0.6 is 0 Å². The summed E-state index contributed by atoms with van der Waals surface area (Å²) in [6.07, 6.45) is 2.34. The molecule has 1 aromatic carbocycles. The first-order valence-corrected chi connectivity index (χ1v) is 7.21. The Kier molecular flexibility index (Phi) is 3.89. The Hall–Kier alpha value is -1.59. The van der Waals surface area contributed by atoms with Crippen molar-refractivity contribution in [2.45, 2.75) is 19.4 Å². The van der Waals surface area contributed by atoms with E-state index in [1.165, 1.54) is 12.8 Å². The molecule has 3 rings (SSSR count). The van der Waals surface area contributed by atoms with Gasteiger partial charge >= 0.3 is 0 Å². The van der Waals surface area contributed by atoms with Crippen LogP contribution in [-0.4, -0.2) is 41.7 Å². The van der Waals surface area contributed by atoms with Crippen LogP contribution in [0.3, 0.4) is 0 Å². The van der Waals surface area contributed by atoms with Gasteiger partial charge in [0, 0.05) is 25.4 Å². The molecule has 5 nitrogen and oxygen atoms in total. The lowest BCUT2D eigenvalue weighted by molar-refractivity contribution is 0.0547. The second kappa shape index (κ2) is 5.81. The van der Waals surface area contributed by atoms with E-state index >= 15 is 0 Å². The monoisotopic (exact) mass is 274 g/mol. The quantitative estimate of drug-likeness (QED) is 0.837. The average molecular weight is 274 g/mol. The predicted octanol–water partition coefficient (Wildman–Crippen LogP) is 2.00. The van der Waals surface area contributed by atoms with Crippen molar-refractivity contribution in [3.05, 3.63) is 24.0 Å². The van der Waals surface area contributed by atoms with E-state index in [0.29, 0.717) is 0 Å². The summed E-state index contributed by atoms with van der Waals surface area (Å²) < 4.78 is 5.40. The number of fused-ring (bicyclic) bond motifs is 1. The van der Waals surface area contributed by atoms with E-state index in [0.717, 1.165) is 54.8 Å². The number of nitrogens with two attached hydrogens (primary N) is 1. The predicted molar refractivity (Wildman–Crippen MR) is 80.4 cm³/mol. The third kappa shape index (κ3) is 3.11. The van der Waals surface area contributed by atoms with Gasteiger partial charge in [-0.05, 0) is 44.0 Å². The van der Waals surface area contributed by atoms with E-state index in [9.17, 15) is 0 Å². The standard InChI is InChI=1S/C15H22N4O/c1-19(9-11-4-6-20-7-5-11)10-15-17-13-3-2-12(16)8-14(13)18-15/h2-3,8,11H,4-7,9-10,16H2,1H3,(H,17,18). The number of H-pyrrole nitrogens is 1. The summed E-state index contributed by atoms with van der Waals surface area (Å²) in [5, 5.41) is 0. The van der Waals surface area contributed by atoms with Gasteiger partial charge in [0.25, 0.3) is 0 Å². The highest BCUT2D eigenvalue weighted by Crippen LogP contribution is 2.18. The molecule has 0 saturated carbocycles. The Bertz CT molecular complexity index is 574. The van der Waals surface area contributed by atoms with Crippen LogP contribution in [0.1, 0.15) is 18.7 Å². The highest BCUT2D eigenvalue weighted by atomic mass is 16.5. The van der Waals surface area contributed by atoms with E-state index in [2.05, 4.69) is 21.9 Å². The molecule has 1 aliphatic heterocycles. The maximum Gasteiger partial charge on any atom is 0.121 e. The second-order valence-corrected chi connectivity index (χ2v) is 5.71. The van der Waals surface area contributed by atoms with Gasteiger partial charge in [0.05, 0.1) is 17.6 Å². The molecule has 1 fully saturated rings. The Morgan fingerprint density at radius 2 is 2.20 bits per heavy atom. The lowest BCUT2D eigenvalue weighted by atomic mass is 10.00. The van der Waals surface area contributed by atoms with Crippen molar-refractivity contribution in [2.75, 3.05) is 32.5 Å². The number of imidazole rings is 1. The average Bonchev–Trinajstić information content (AvgIpc) is 2.80. The number of benzene rings is 1. The molecular weight excluding hydrogens is 252 g/mol. The summed E-state index contributed by atoms with van der Waals surface area (Å²) in [4.78, 5) is 10.3. The highest BCUT2D eigenvalue weighted by molar-refractivity contribution is 5.78. The van der Waals surface area contributed by atoms with Crippen molar-refractivity contribution < 1.29 is 4.74 Å². The number of nitrogens with one attached hydrogen (secondary N) is 1. The second-order valence-electron chi connectivity index (χ2n) is 5.71. The minimum absolute atomic E-state index is 0.744. The molecule has 0 amide bonds. The van der Waals surface area contributed by atoms with Gasteiger partial charge < -0.3 is 15.5 Å². The number of hydrogen-bond acceptors (Lipinski definition) is 4. The number of aromatic nitrogens is 2. The molecule has 1 aliphatic rings. The van der Waals surface area contributed by atoms with Crippen LogP contribution in [-0.2, 0) is 11.3 Å². The van der Waals surface area contributed by atoms with Crippen LogP contribution < -0.4 is 5.73 Å². The van der Waals surface area contributed by atoms with Gasteiger partial charge in [0.15, 0.2) is 0 Å². The Morgan fingerprint density at radius 3 is 3.00 bits per heavy atom. The van der Waals surface area contributed by atoms with Crippen molar-refractivity contribution in [1.82, 2.24) is 14.9 Å². The summed E-state index contributed by atoms with van der Waals surface area (Å²) >= 11 is 0. The number of anilines is 1. The number of rotatable bonds is 4. The number of nitrogens with zero attached hydrogens (tertiary/aromatic N) is 2. The maximum absolute atomic E-state index is 5.79. The highest BCUT2D eigenvalue weighted by Gasteiger charge is 2.16. The first kappa shape index (κ1) is 13.4. The molecule has 0 bridgehead atoms. The molecule has 1 aromatic heterocycles. The molecule has 2 aromatic rings. The van der Waals surface area contributed by atoms with E-state index in [1.54, 1.807) is 0 Å². The fourth-order valence-electron chi connectivity index (χ4n) is 2.84. The molecule has 3 N–H and O–H groups in total. The summed E-state index contributed by atoms with van der Waals surface area (Å²) in [7, 11) is 2.15. The number of hydrogen-bond donors (Lipinski definition) is 2. The molecular formula is C15H22N4O. The molecule has 108 valence electrons. The minimum Gasteiger partial charge on any atom is -0.399 e. The van der Waals surface area contributed by atoms with Gasteiger partial charge in [0.2, 0.25) is 0 Å². The third-order valence-corrected chi connectivity index (χ3v) is 3.89. The Morgan fingerprint density at radius 1 is 1.40 bits per heavy atom. The maximum atomic E-state index is 5.79. The number of ether oxygens (including phenoxy) is 1. The SMILES string of the molecule is CN(Cc1nc2ccc(N)cc2[nH]1)CC1CCOCC1. The third-order valence-electron chi connectivity index (χ3n) is 3.89. The fourth-order valence-corrected chi connectivity index (χ4v) is 2.84.